The fraction of sp³-hybridized carbons (Fsp3) is 0.290. The number of aliphatic hydroxyl groups is 1. The lowest BCUT2D eigenvalue weighted by molar-refractivity contribution is -0.139. The van der Waals surface area contributed by atoms with Crippen molar-refractivity contribution in [1.29, 1.82) is 0 Å². The third kappa shape index (κ3) is 5.85. The molecule has 192 valence electrons. The maximum Gasteiger partial charge on any atom is 0.295 e. The van der Waals surface area contributed by atoms with Crippen molar-refractivity contribution in [2.75, 3.05) is 20.3 Å². The highest BCUT2D eigenvalue weighted by atomic mass is 16.5. The van der Waals surface area contributed by atoms with E-state index in [1.165, 1.54) is 4.90 Å². The second kappa shape index (κ2) is 11.8. The molecule has 37 heavy (non-hydrogen) atoms. The van der Waals surface area contributed by atoms with E-state index in [0.717, 1.165) is 12.0 Å². The monoisotopic (exact) mass is 499 g/mol. The van der Waals surface area contributed by atoms with Crippen LogP contribution in [0.4, 0.5) is 0 Å². The molecule has 1 atom stereocenters. The van der Waals surface area contributed by atoms with Crippen LogP contribution >= 0.6 is 0 Å². The van der Waals surface area contributed by atoms with Crippen LogP contribution in [0.2, 0.25) is 0 Å². The number of aliphatic hydroxyl groups excluding tert-OH is 1. The lowest BCUT2D eigenvalue weighted by atomic mass is 9.95. The van der Waals surface area contributed by atoms with Crippen LogP contribution in [-0.2, 0) is 16.0 Å². The van der Waals surface area contributed by atoms with E-state index >= 15 is 0 Å². The van der Waals surface area contributed by atoms with E-state index in [9.17, 15) is 14.7 Å². The average Bonchev–Trinajstić information content (AvgIpc) is 3.17. The quantitative estimate of drug-likeness (QED) is 0.217. The molecule has 3 aromatic carbocycles. The Labute approximate surface area is 218 Å². The first kappa shape index (κ1) is 26.0. The van der Waals surface area contributed by atoms with Crippen molar-refractivity contribution in [3.63, 3.8) is 0 Å². The van der Waals surface area contributed by atoms with Crippen molar-refractivity contribution in [3.8, 4) is 11.5 Å². The molecular weight excluding hydrogens is 466 g/mol. The third-order valence-electron chi connectivity index (χ3n) is 6.53. The van der Waals surface area contributed by atoms with E-state index in [0.29, 0.717) is 48.1 Å². The number of hydrogen-bond donors (Lipinski definition) is 1. The topological polar surface area (TPSA) is 76.1 Å². The Balaban J connectivity index is 1.75. The zero-order valence-corrected chi connectivity index (χ0v) is 21.5. The largest absolute Gasteiger partial charge is 0.507 e. The molecule has 0 radical (unpaired) electrons. The summed E-state index contributed by atoms with van der Waals surface area (Å²) in [5.41, 5.74) is 2.27. The van der Waals surface area contributed by atoms with Gasteiger partial charge in [0.2, 0.25) is 0 Å². The minimum Gasteiger partial charge on any atom is -0.507 e. The van der Waals surface area contributed by atoms with E-state index < -0.39 is 17.7 Å². The molecule has 0 saturated carbocycles. The van der Waals surface area contributed by atoms with Crippen LogP contribution in [0.1, 0.15) is 43.0 Å². The van der Waals surface area contributed by atoms with Crippen molar-refractivity contribution in [2.24, 2.45) is 5.92 Å². The third-order valence-corrected chi connectivity index (χ3v) is 6.53. The summed E-state index contributed by atoms with van der Waals surface area (Å²) in [4.78, 5) is 28.1. The van der Waals surface area contributed by atoms with Gasteiger partial charge in [0.15, 0.2) is 11.5 Å². The maximum absolute atomic E-state index is 13.3. The predicted molar refractivity (Wildman–Crippen MR) is 144 cm³/mol. The highest BCUT2D eigenvalue weighted by Gasteiger charge is 2.46. The van der Waals surface area contributed by atoms with Crippen LogP contribution in [0, 0.1) is 5.92 Å². The number of methoxy groups -OCH3 is 1. The summed E-state index contributed by atoms with van der Waals surface area (Å²) >= 11 is 0. The second-order valence-electron chi connectivity index (χ2n) is 9.54. The van der Waals surface area contributed by atoms with E-state index in [1.54, 1.807) is 43.5 Å². The minimum absolute atomic E-state index is 0.0693. The molecule has 4 rings (SSSR count). The lowest BCUT2D eigenvalue weighted by Crippen LogP contribution is -2.31. The molecule has 1 unspecified atom stereocenters. The Hall–Kier alpha value is -4.06. The van der Waals surface area contributed by atoms with Gasteiger partial charge in [-0.15, -0.1) is 0 Å². The van der Waals surface area contributed by atoms with Crippen LogP contribution < -0.4 is 9.47 Å². The predicted octanol–water partition coefficient (Wildman–Crippen LogP) is 5.78. The van der Waals surface area contributed by atoms with Gasteiger partial charge in [-0.2, -0.15) is 0 Å². The summed E-state index contributed by atoms with van der Waals surface area (Å²) in [6, 6.07) is 23.3. The molecule has 6 heteroatoms. The number of ether oxygens (including phenoxy) is 2. The maximum atomic E-state index is 13.3. The number of ketones is 1. The van der Waals surface area contributed by atoms with Gasteiger partial charge in [0.05, 0.1) is 25.3 Å². The molecular formula is C31H33NO5. The molecule has 6 nitrogen and oxygen atoms in total. The zero-order chi connectivity index (χ0) is 26.4. The van der Waals surface area contributed by atoms with Gasteiger partial charge in [0.1, 0.15) is 5.76 Å². The average molecular weight is 500 g/mol. The Morgan fingerprint density at radius 2 is 1.62 bits per heavy atom. The van der Waals surface area contributed by atoms with Gasteiger partial charge in [0, 0.05) is 12.1 Å². The van der Waals surface area contributed by atoms with Gasteiger partial charge in [0.25, 0.3) is 11.7 Å². The Morgan fingerprint density at radius 1 is 0.946 bits per heavy atom. The molecule has 1 heterocycles. The Morgan fingerprint density at radius 3 is 2.27 bits per heavy atom. The van der Waals surface area contributed by atoms with Crippen LogP contribution in [0.3, 0.4) is 0 Å². The summed E-state index contributed by atoms with van der Waals surface area (Å²) in [5, 5.41) is 11.2. The van der Waals surface area contributed by atoms with Crippen molar-refractivity contribution in [3.05, 3.63) is 101 Å². The molecule has 1 amide bonds. The number of Topliss-reactive ketones (excluding diaryl/α,β-unsaturated/α-hetero) is 1. The Kier molecular flexibility index (Phi) is 8.29. The molecule has 1 aliphatic rings. The van der Waals surface area contributed by atoms with Gasteiger partial charge in [-0.1, -0.05) is 80.6 Å². The molecule has 0 aliphatic carbocycles. The van der Waals surface area contributed by atoms with Crippen LogP contribution in [0.5, 0.6) is 11.5 Å². The molecule has 0 aromatic heterocycles. The fourth-order valence-corrected chi connectivity index (χ4v) is 4.48. The minimum atomic E-state index is -0.762. The highest BCUT2D eigenvalue weighted by Crippen LogP contribution is 2.42. The van der Waals surface area contributed by atoms with Crippen molar-refractivity contribution >= 4 is 17.4 Å². The van der Waals surface area contributed by atoms with Crippen molar-refractivity contribution in [1.82, 2.24) is 4.90 Å². The van der Waals surface area contributed by atoms with E-state index in [2.05, 4.69) is 13.8 Å². The number of amides is 1. The SMILES string of the molecule is COc1cc(C2/C(=C(/O)c3ccccc3)C(=O)C(=O)N2CCc2ccccc2)ccc1OCCC(C)C. The molecule has 0 bridgehead atoms. The fourth-order valence-electron chi connectivity index (χ4n) is 4.48. The standard InChI is InChI=1S/C31H33NO5/c1-21(2)17-19-37-25-15-14-24(20-26(25)36-3)28-27(29(33)23-12-8-5-9-13-23)30(34)31(35)32(28)18-16-22-10-6-4-7-11-22/h4-15,20-21,28,33H,16-19H2,1-3H3/b29-27-. The van der Waals surface area contributed by atoms with Crippen LogP contribution in [0.15, 0.2) is 84.4 Å². The van der Waals surface area contributed by atoms with E-state index in [1.807, 2.05) is 42.5 Å². The second-order valence-corrected chi connectivity index (χ2v) is 9.54. The first-order valence-electron chi connectivity index (χ1n) is 12.6. The van der Waals surface area contributed by atoms with E-state index in [4.69, 9.17) is 9.47 Å². The summed E-state index contributed by atoms with van der Waals surface area (Å²) in [5.74, 6) is 0.0890. The zero-order valence-electron chi connectivity index (χ0n) is 21.5. The number of benzene rings is 3. The van der Waals surface area contributed by atoms with Crippen molar-refractivity contribution in [2.45, 2.75) is 32.7 Å². The highest BCUT2D eigenvalue weighted by molar-refractivity contribution is 6.46. The van der Waals surface area contributed by atoms with Gasteiger partial charge in [-0.25, -0.2) is 0 Å². The Bertz CT molecular complexity index is 1270. The molecule has 1 N–H and O–H groups in total. The molecule has 0 spiro atoms. The number of hydrogen-bond acceptors (Lipinski definition) is 5. The first-order valence-corrected chi connectivity index (χ1v) is 12.6. The number of rotatable bonds is 10. The molecule has 1 saturated heterocycles. The number of nitrogens with zero attached hydrogens (tertiary/aromatic N) is 1. The molecule has 1 aliphatic heterocycles. The first-order chi connectivity index (χ1) is 17.9. The molecule has 3 aromatic rings. The van der Waals surface area contributed by atoms with Gasteiger partial charge in [-0.05, 0) is 42.0 Å². The van der Waals surface area contributed by atoms with Crippen molar-refractivity contribution < 1.29 is 24.2 Å². The number of carbonyl (C=O) groups is 2. The molecule has 1 fully saturated rings. The number of likely N-dealkylation sites (tertiary alicyclic amines) is 1. The number of carbonyl (C=O) groups excluding carboxylic acids is 2. The summed E-state index contributed by atoms with van der Waals surface area (Å²) in [6.07, 6.45) is 1.48. The van der Waals surface area contributed by atoms with Crippen LogP contribution in [0.25, 0.3) is 5.76 Å². The smallest absolute Gasteiger partial charge is 0.295 e. The van der Waals surface area contributed by atoms with Gasteiger partial charge < -0.3 is 19.5 Å². The summed E-state index contributed by atoms with van der Waals surface area (Å²) in [6.45, 7) is 5.14. The summed E-state index contributed by atoms with van der Waals surface area (Å²) < 4.78 is 11.6. The van der Waals surface area contributed by atoms with Gasteiger partial charge in [-0.3, -0.25) is 9.59 Å². The normalized spacial score (nSPS) is 16.9. The van der Waals surface area contributed by atoms with Gasteiger partial charge >= 0.3 is 0 Å². The van der Waals surface area contributed by atoms with Crippen LogP contribution in [-0.4, -0.2) is 42.0 Å². The lowest BCUT2D eigenvalue weighted by Gasteiger charge is -2.26. The van der Waals surface area contributed by atoms with E-state index in [-0.39, 0.29) is 11.3 Å². The summed E-state index contributed by atoms with van der Waals surface area (Å²) in [7, 11) is 1.56.